The molecule has 2 aliphatic heterocycles. The number of Topliss-reactive ketones (excluding diaryl/α,β-unsaturated/α-hetero) is 1. The first kappa shape index (κ1) is 25.8. The highest BCUT2D eigenvalue weighted by Crippen LogP contribution is 2.48. The monoisotopic (exact) mass is 591 g/mol. The van der Waals surface area contributed by atoms with Crippen molar-refractivity contribution in [2.75, 3.05) is 16.3 Å². The third-order valence-electron chi connectivity index (χ3n) is 6.44. The van der Waals surface area contributed by atoms with Crippen LogP contribution in [0.1, 0.15) is 12.5 Å². The van der Waals surface area contributed by atoms with Gasteiger partial charge >= 0.3 is 0 Å². The van der Waals surface area contributed by atoms with Crippen molar-refractivity contribution < 1.29 is 24.6 Å². The number of nitrogens with zero attached hydrogens (tertiary/aromatic N) is 3. The van der Waals surface area contributed by atoms with Gasteiger partial charge in [0.25, 0.3) is 17.6 Å². The van der Waals surface area contributed by atoms with Crippen LogP contribution in [0.4, 0.5) is 11.4 Å². The SMILES string of the molecule is CC(O)CN1C(=O)C(=O)/C(=C(/O)c2ccc(Br)cc2)C12C(=O)N(c1ccccc1)C(=S)N2c1ccccc1. The van der Waals surface area contributed by atoms with Crippen LogP contribution in [0.3, 0.4) is 0 Å². The number of halogens is 1. The number of carbonyl (C=O) groups is 3. The van der Waals surface area contributed by atoms with Crippen molar-refractivity contribution in [1.82, 2.24) is 4.90 Å². The summed E-state index contributed by atoms with van der Waals surface area (Å²) < 4.78 is 0.734. The largest absolute Gasteiger partial charge is 0.507 e. The summed E-state index contributed by atoms with van der Waals surface area (Å²) in [5, 5.41) is 21.9. The summed E-state index contributed by atoms with van der Waals surface area (Å²) >= 11 is 9.18. The van der Waals surface area contributed by atoms with E-state index in [0.717, 1.165) is 9.37 Å². The molecule has 2 heterocycles. The number of rotatable bonds is 5. The summed E-state index contributed by atoms with van der Waals surface area (Å²) in [6.45, 7) is 1.09. The lowest BCUT2D eigenvalue weighted by molar-refractivity contribution is -0.144. The smallest absolute Gasteiger partial charge is 0.297 e. The van der Waals surface area contributed by atoms with Crippen molar-refractivity contribution in [1.29, 1.82) is 0 Å². The molecule has 0 aromatic heterocycles. The van der Waals surface area contributed by atoms with Gasteiger partial charge in [-0.25, -0.2) is 0 Å². The Balaban J connectivity index is 1.88. The van der Waals surface area contributed by atoms with E-state index >= 15 is 0 Å². The second-order valence-electron chi connectivity index (χ2n) is 8.93. The minimum Gasteiger partial charge on any atom is -0.507 e. The average molecular weight is 592 g/mol. The Morgan fingerprint density at radius 3 is 2.03 bits per heavy atom. The minimum absolute atomic E-state index is 0.00611. The summed E-state index contributed by atoms with van der Waals surface area (Å²) in [4.78, 5) is 45.5. The molecule has 0 saturated carbocycles. The maximum Gasteiger partial charge on any atom is 0.297 e. The van der Waals surface area contributed by atoms with Gasteiger partial charge in [-0.15, -0.1) is 0 Å². The molecule has 192 valence electrons. The van der Waals surface area contributed by atoms with Crippen LogP contribution in [0.15, 0.2) is 95.0 Å². The fourth-order valence-electron chi connectivity index (χ4n) is 4.88. The standard InChI is InChI=1S/C28H22BrN3O5S/c1-17(33)16-30-25(36)24(35)22(23(34)18-12-14-19(29)15-13-18)28(30)26(37)31(20-8-4-2-5-9-20)27(38)32(28)21-10-6-3-7-11-21/h2-15,17,33-34H,16H2,1H3/b23-22-. The second-order valence-corrected chi connectivity index (χ2v) is 10.2. The number of thiocarbonyl (C=S) groups is 1. The van der Waals surface area contributed by atoms with Crippen LogP contribution in [-0.2, 0) is 14.4 Å². The van der Waals surface area contributed by atoms with Crippen molar-refractivity contribution in [2.24, 2.45) is 0 Å². The number of aliphatic hydroxyl groups excluding tert-OH is 2. The number of para-hydroxylation sites is 2. The molecule has 2 fully saturated rings. The molecule has 0 bridgehead atoms. The predicted molar refractivity (Wildman–Crippen MR) is 150 cm³/mol. The Morgan fingerprint density at radius 1 is 0.921 bits per heavy atom. The van der Waals surface area contributed by atoms with Crippen molar-refractivity contribution >= 4 is 68.0 Å². The Bertz CT molecular complexity index is 1480. The summed E-state index contributed by atoms with van der Waals surface area (Å²) in [5.74, 6) is -3.35. The molecule has 10 heteroatoms. The van der Waals surface area contributed by atoms with E-state index in [1.165, 1.54) is 16.7 Å². The van der Waals surface area contributed by atoms with Crippen molar-refractivity contribution in [3.8, 4) is 0 Å². The molecular formula is C28H22BrN3O5S. The lowest BCUT2D eigenvalue weighted by atomic mass is 9.92. The lowest BCUT2D eigenvalue weighted by Gasteiger charge is -2.40. The van der Waals surface area contributed by atoms with Gasteiger partial charge in [0.2, 0.25) is 5.66 Å². The fourth-order valence-corrected chi connectivity index (χ4v) is 5.57. The third kappa shape index (κ3) is 3.84. The maximum atomic E-state index is 14.6. The zero-order valence-corrected chi connectivity index (χ0v) is 22.5. The molecule has 2 atom stereocenters. The maximum absolute atomic E-state index is 14.6. The molecule has 1 spiro atoms. The predicted octanol–water partition coefficient (Wildman–Crippen LogP) is 4.04. The van der Waals surface area contributed by atoms with Crippen LogP contribution in [0.2, 0.25) is 0 Å². The molecule has 5 rings (SSSR count). The van der Waals surface area contributed by atoms with Crippen LogP contribution in [-0.4, -0.2) is 56.1 Å². The van der Waals surface area contributed by atoms with Gasteiger partial charge in [-0.1, -0.05) is 64.5 Å². The van der Waals surface area contributed by atoms with E-state index in [2.05, 4.69) is 15.9 Å². The van der Waals surface area contributed by atoms with Gasteiger partial charge in [0.15, 0.2) is 5.11 Å². The second kappa shape index (κ2) is 9.79. The van der Waals surface area contributed by atoms with Gasteiger partial charge in [-0.3, -0.25) is 29.1 Å². The summed E-state index contributed by atoms with van der Waals surface area (Å²) in [7, 11) is 0. The van der Waals surface area contributed by atoms with Crippen molar-refractivity contribution in [3.63, 3.8) is 0 Å². The summed E-state index contributed by atoms with van der Waals surface area (Å²) in [6, 6.07) is 23.7. The van der Waals surface area contributed by atoms with Gasteiger partial charge in [0.1, 0.15) is 11.3 Å². The van der Waals surface area contributed by atoms with E-state index in [0.29, 0.717) is 11.4 Å². The zero-order chi connectivity index (χ0) is 27.2. The van der Waals surface area contributed by atoms with E-state index in [-0.39, 0.29) is 17.2 Å². The van der Waals surface area contributed by atoms with E-state index in [1.807, 2.05) is 0 Å². The van der Waals surface area contributed by atoms with Crippen molar-refractivity contribution in [2.45, 2.75) is 18.7 Å². The fraction of sp³-hybridized carbons (Fsp3) is 0.143. The number of aliphatic hydroxyl groups is 2. The molecule has 2 unspecified atom stereocenters. The molecule has 8 nitrogen and oxygen atoms in total. The molecule has 0 radical (unpaired) electrons. The average Bonchev–Trinajstić information content (AvgIpc) is 3.26. The molecule has 2 saturated heterocycles. The van der Waals surface area contributed by atoms with Gasteiger partial charge in [-0.2, -0.15) is 0 Å². The number of hydrogen-bond donors (Lipinski definition) is 2. The Kier molecular flexibility index (Phi) is 6.64. The quantitative estimate of drug-likeness (QED) is 0.200. The number of ketones is 1. The van der Waals surface area contributed by atoms with E-state index in [4.69, 9.17) is 12.2 Å². The number of β-amino-alcohol motifs (C(OH)–C–C–N with tert-alkyl or cyclic N) is 1. The number of hydrogen-bond acceptors (Lipinski definition) is 6. The zero-order valence-electron chi connectivity index (χ0n) is 20.1. The third-order valence-corrected chi connectivity index (χ3v) is 7.34. The van der Waals surface area contributed by atoms with Crippen LogP contribution in [0, 0.1) is 0 Å². The van der Waals surface area contributed by atoms with E-state index in [9.17, 15) is 24.6 Å². The van der Waals surface area contributed by atoms with E-state index < -0.39 is 40.7 Å². The van der Waals surface area contributed by atoms with Crippen LogP contribution < -0.4 is 9.80 Å². The van der Waals surface area contributed by atoms with Gasteiger partial charge in [0.05, 0.1) is 11.8 Å². The first-order valence-corrected chi connectivity index (χ1v) is 12.9. The van der Waals surface area contributed by atoms with Gasteiger partial charge < -0.3 is 10.2 Å². The molecular weight excluding hydrogens is 570 g/mol. The van der Waals surface area contributed by atoms with Crippen LogP contribution in [0.25, 0.3) is 5.76 Å². The Morgan fingerprint density at radius 2 is 1.47 bits per heavy atom. The Hall–Kier alpha value is -3.86. The number of carbonyl (C=O) groups excluding carboxylic acids is 3. The molecule has 3 aromatic rings. The topological polar surface area (TPSA) is 101 Å². The number of likely N-dealkylation sites (tertiary alicyclic amines) is 1. The lowest BCUT2D eigenvalue weighted by Crippen LogP contribution is -2.62. The number of amides is 2. The summed E-state index contributed by atoms with van der Waals surface area (Å²) in [6.07, 6.45) is -1.09. The van der Waals surface area contributed by atoms with Crippen LogP contribution >= 0.6 is 28.1 Å². The summed E-state index contributed by atoms with van der Waals surface area (Å²) in [5.41, 5.74) is -1.54. The first-order valence-electron chi connectivity index (χ1n) is 11.7. The molecule has 2 amide bonds. The minimum atomic E-state index is -2.18. The van der Waals surface area contributed by atoms with Crippen molar-refractivity contribution in [3.05, 3.63) is 101 Å². The molecule has 38 heavy (non-hydrogen) atoms. The molecule has 2 N–H and O–H groups in total. The number of benzene rings is 3. The highest BCUT2D eigenvalue weighted by molar-refractivity contribution is 9.10. The van der Waals surface area contributed by atoms with Gasteiger partial charge in [-0.05, 0) is 55.5 Å². The van der Waals surface area contributed by atoms with Crippen LogP contribution in [0.5, 0.6) is 0 Å². The van der Waals surface area contributed by atoms with Gasteiger partial charge in [0, 0.05) is 22.3 Å². The highest BCUT2D eigenvalue weighted by atomic mass is 79.9. The van der Waals surface area contributed by atoms with E-state index in [1.54, 1.807) is 84.9 Å². The highest BCUT2D eigenvalue weighted by Gasteiger charge is 2.71. The Labute approximate surface area is 232 Å². The first-order chi connectivity index (χ1) is 18.2. The molecule has 0 aliphatic carbocycles. The number of anilines is 2. The molecule has 2 aliphatic rings. The molecule has 3 aromatic carbocycles. The normalized spacial score (nSPS) is 21.6.